The second-order valence-electron chi connectivity index (χ2n) is 2.66. The molecule has 3 nitrogen and oxygen atoms in total. The third-order valence-corrected chi connectivity index (χ3v) is 3.30. The van der Waals surface area contributed by atoms with Crippen molar-refractivity contribution in [3.63, 3.8) is 0 Å². The molecule has 0 aromatic carbocycles. The van der Waals surface area contributed by atoms with Crippen LogP contribution in [0.15, 0.2) is 11.2 Å². The molecule has 0 N–H and O–H groups in total. The molecule has 0 saturated heterocycles. The molecule has 0 amide bonds. The first-order chi connectivity index (χ1) is 5.13. The normalized spacial score (nSPS) is 17.5. The second kappa shape index (κ2) is 3.60. The molecule has 1 rings (SSSR count). The van der Waals surface area contributed by atoms with Gasteiger partial charge in [-0.1, -0.05) is 0 Å². The van der Waals surface area contributed by atoms with Gasteiger partial charge in [0.2, 0.25) is 0 Å². The van der Waals surface area contributed by atoms with E-state index in [4.69, 9.17) is 0 Å². The fourth-order valence-electron chi connectivity index (χ4n) is 0.737. The lowest BCUT2D eigenvalue weighted by molar-refractivity contribution is 0.150. The van der Waals surface area contributed by atoms with E-state index < -0.39 is 0 Å². The predicted molar refractivity (Wildman–Crippen MR) is 52.5 cm³/mol. The van der Waals surface area contributed by atoms with Crippen LogP contribution in [0.1, 0.15) is 0 Å². The molecule has 0 aliphatic carbocycles. The molecule has 0 fully saturated rings. The summed E-state index contributed by atoms with van der Waals surface area (Å²) in [5.74, 6) is 1.23. The molecule has 0 unspecified atom stereocenters. The van der Waals surface area contributed by atoms with Crippen molar-refractivity contribution in [2.45, 2.75) is 0 Å². The first-order valence-electron chi connectivity index (χ1n) is 3.31. The van der Waals surface area contributed by atoms with Crippen LogP contribution < -0.4 is 0 Å². The van der Waals surface area contributed by atoms with Crippen LogP contribution in [0, 0.1) is 0 Å². The van der Waals surface area contributed by atoms with Crippen molar-refractivity contribution in [1.82, 2.24) is 14.3 Å². The maximum atomic E-state index is 2.14. The summed E-state index contributed by atoms with van der Waals surface area (Å²) in [7, 11) is 11.6. The Morgan fingerprint density at radius 3 is 2.27 bits per heavy atom. The Morgan fingerprint density at radius 2 is 1.91 bits per heavy atom. The van der Waals surface area contributed by atoms with E-state index in [1.54, 1.807) is 21.8 Å². The van der Waals surface area contributed by atoms with Crippen LogP contribution in [0.25, 0.3) is 0 Å². The Morgan fingerprint density at radius 1 is 1.27 bits per heavy atom. The number of nitrogens with zero attached hydrogens (tertiary/aromatic N) is 3. The van der Waals surface area contributed by atoms with E-state index in [-0.39, 0.29) is 0 Å². The van der Waals surface area contributed by atoms with E-state index in [9.17, 15) is 0 Å². The van der Waals surface area contributed by atoms with Gasteiger partial charge in [0.1, 0.15) is 5.82 Å². The van der Waals surface area contributed by atoms with Gasteiger partial charge < -0.3 is 4.90 Å². The highest BCUT2D eigenvalue weighted by Crippen LogP contribution is 2.39. The monoisotopic (exact) mass is 191 g/mol. The van der Waals surface area contributed by atoms with Gasteiger partial charge in [0.05, 0.1) is 0 Å². The van der Waals surface area contributed by atoms with E-state index in [1.807, 2.05) is 14.1 Å². The summed E-state index contributed by atoms with van der Waals surface area (Å²) in [6, 6.07) is 0. The molecule has 5 heteroatoms. The fourth-order valence-corrected chi connectivity index (χ4v) is 3.01. The highest BCUT2D eigenvalue weighted by Gasteiger charge is 2.20. The second-order valence-corrected chi connectivity index (χ2v) is 4.61. The Labute approximate surface area is 75.9 Å². The lowest BCUT2D eigenvalue weighted by Gasteiger charge is -2.29. The molecule has 11 heavy (non-hydrogen) atoms. The van der Waals surface area contributed by atoms with Gasteiger partial charge in [-0.25, -0.2) is 9.42 Å². The first kappa shape index (κ1) is 9.09. The summed E-state index contributed by atoms with van der Waals surface area (Å²) in [6.07, 6.45) is 0. The average molecular weight is 191 g/mol. The van der Waals surface area contributed by atoms with Crippen molar-refractivity contribution in [3.8, 4) is 0 Å². The van der Waals surface area contributed by atoms with Gasteiger partial charge in [-0.15, -0.1) is 0 Å². The Balaban J connectivity index is 2.63. The third kappa shape index (κ3) is 1.98. The standard InChI is InChI=1S/C6H13N3S2/c1-7(2)6-5-10-11-9(6)8(3)4/h5H,1-4H3. The molecule has 64 valence electrons. The van der Waals surface area contributed by atoms with Crippen LogP contribution in [0.5, 0.6) is 0 Å². The molecule has 0 aromatic rings. The summed E-state index contributed by atoms with van der Waals surface area (Å²) in [5.41, 5.74) is 0. The largest absolute Gasteiger partial charge is 0.362 e. The fraction of sp³-hybridized carbons (Fsp3) is 0.667. The summed E-state index contributed by atoms with van der Waals surface area (Å²) in [6.45, 7) is 0. The van der Waals surface area contributed by atoms with Crippen LogP contribution in [0.3, 0.4) is 0 Å². The molecule has 0 spiro atoms. The van der Waals surface area contributed by atoms with Crippen LogP contribution in [0.2, 0.25) is 0 Å². The van der Waals surface area contributed by atoms with Crippen LogP contribution in [-0.2, 0) is 0 Å². The zero-order valence-corrected chi connectivity index (χ0v) is 8.87. The minimum absolute atomic E-state index is 1.23. The van der Waals surface area contributed by atoms with E-state index in [0.717, 1.165) is 0 Å². The minimum Gasteiger partial charge on any atom is -0.362 e. The van der Waals surface area contributed by atoms with Gasteiger partial charge in [0.15, 0.2) is 0 Å². The average Bonchev–Trinajstić information content (AvgIpc) is 2.32. The Kier molecular flexibility index (Phi) is 2.98. The summed E-state index contributed by atoms with van der Waals surface area (Å²) < 4.78 is 2.14. The van der Waals surface area contributed by atoms with Gasteiger partial charge in [-0.05, 0) is 10.8 Å². The van der Waals surface area contributed by atoms with E-state index in [2.05, 4.69) is 33.8 Å². The van der Waals surface area contributed by atoms with Crippen molar-refractivity contribution >= 4 is 21.8 Å². The van der Waals surface area contributed by atoms with E-state index in [0.29, 0.717) is 0 Å². The number of hydrogen-bond acceptors (Lipinski definition) is 5. The molecule has 1 heterocycles. The molecule has 0 radical (unpaired) electrons. The molecule has 1 aliphatic heterocycles. The summed E-state index contributed by atoms with van der Waals surface area (Å²) >= 11 is 0. The van der Waals surface area contributed by atoms with Crippen molar-refractivity contribution in [2.75, 3.05) is 28.2 Å². The molecular weight excluding hydrogens is 178 g/mol. The maximum Gasteiger partial charge on any atom is 0.138 e. The minimum atomic E-state index is 1.23. The van der Waals surface area contributed by atoms with Gasteiger partial charge >= 0.3 is 0 Å². The molecule has 1 aliphatic rings. The van der Waals surface area contributed by atoms with Crippen molar-refractivity contribution in [2.24, 2.45) is 0 Å². The van der Waals surface area contributed by atoms with E-state index >= 15 is 0 Å². The van der Waals surface area contributed by atoms with Gasteiger partial charge in [0, 0.05) is 44.6 Å². The van der Waals surface area contributed by atoms with Crippen LogP contribution in [0.4, 0.5) is 0 Å². The number of hydrazine groups is 1. The van der Waals surface area contributed by atoms with Crippen molar-refractivity contribution in [3.05, 3.63) is 11.2 Å². The molecule has 0 atom stereocenters. The Bertz CT molecular complexity index is 167. The maximum absolute atomic E-state index is 2.14. The SMILES string of the molecule is CN(C)C1=CSSN1N(C)C. The van der Waals surface area contributed by atoms with Crippen LogP contribution in [-0.4, -0.2) is 42.5 Å². The summed E-state index contributed by atoms with van der Waals surface area (Å²) in [5, 5.41) is 4.21. The molecule has 0 bridgehead atoms. The third-order valence-electron chi connectivity index (χ3n) is 1.28. The zero-order chi connectivity index (χ0) is 8.43. The lowest BCUT2D eigenvalue weighted by atomic mass is 10.7. The van der Waals surface area contributed by atoms with Crippen molar-refractivity contribution in [1.29, 1.82) is 0 Å². The first-order valence-corrected chi connectivity index (χ1v) is 5.48. The molecular formula is C6H13N3S2. The molecule has 0 saturated carbocycles. The quantitative estimate of drug-likeness (QED) is 0.481. The zero-order valence-electron chi connectivity index (χ0n) is 7.24. The topological polar surface area (TPSA) is 9.72 Å². The predicted octanol–water partition coefficient (Wildman–Crippen LogP) is 1.44. The molecule has 0 aromatic heterocycles. The van der Waals surface area contributed by atoms with Gasteiger partial charge in [-0.2, -0.15) is 0 Å². The van der Waals surface area contributed by atoms with Gasteiger partial charge in [0.25, 0.3) is 0 Å². The summed E-state index contributed by atoms with van der Waals surface area (Å²) in [4.78, 5) is 2.10. The Hall–Kier alpha value is -0.0000000000000000763. The van der Waals surface area contributed by atoms with Gasteiger partial charge in [-0.3, -0.25) is 0 Å². The highest BCUT2D eigenvalue weighted by atomic mass is 33.1. The van der Waals surface area contributed by atoms with E-state index in [1.165, 1.54) is 5.82 Å². The highest BCUT2D eigenvalue weighted by molar-refractivity contribution is 8.77. The number of rotatable bonds is 2. The van der Waals surface area contributed by atoms with Crippen molar-refractivity contribution < 1.29 is 0 Å². The van der Waals surface area contributed by atoms with Crippen LogP contribution >= 0.6 is 21.8 Å². The smallest absolute Gasteiger partial charge is 0.138 e. The number of hydrogen-bond donors (Lipinski definition) is 0. The lowest BCUT2D eigenvalue weighted by Crippen LogP contribution is -2.33.